The standard InChI is InChI=1S/C21H27FN4O3/c22-16-5-7-24(11-16)17-3-1-14(2-4-17)15-9-26(10-15)21(28)25-8-6-19-18(12-25)23-20(27)13-29-19/h1-4,15-16,18-19H,5-13H2,(H,23,27)/t16?,18?,19-/m0/s1. The number of morpholine rings is 1. The highest BCUT2D eigenvalue weighted by Crippen LogP contribution is 2.31. The van der Waals surface area contributed by atoms with Gasteiger partial charge < -0.3 is 24.8 Å². The van der Waals surface area contributed by atoms with E-state index in [0.29, 0.717) is 45.1 Å². The molecule has 1 aromatic rings. The van der Waals surface area contributed by atoms with Crippen molar-refractivity contribution in [1.82, 2.24) is 15.1 Å². The molecule has 0 bridgehead atoms. The molecule has 0 aliphatic carbocycles. The van der Waals surface area contributed by atoms with E-state index in [1.807, 2.05) is 9.80 Å². The molecule has 1 N–H and O–H groups in total. The van der Waals surface area contributed by atoms with Gasteiger partial charge in [0, 0.05) is 50.9 Å². The Hall–Kier alpha value is -2.35. The van der Waals surface area contributed by atoms with Gasteiger partial charge in [0.05, 0.1) is 12.1 Å². The monoisotopic (exact) mass is 402 g/mol. The number of likely N-dealkylation sites (tertiary alicyclic amines) is 2. The number of fused-ring (bicyclic) bond motifs is 1. The first-order valence-corrected chi connectivity index (χ1v) is 10.5. The number of nitrogens with zero attached hydrogens (tertiary/aromatic N) is 3. The van der Waals surface area contributed by atoms with Gasteiger partial charge in [-0.15, -0.1) is 0 Å². The summed E-state index contributed by atoms with van der Waals surface area (Å²) in [5.41, 5.74) is 2.29. The molecule has 29 heavy (non-hydrogen) atoms. The summed E-state index contributed by atoms with van der Waals surface area (Å²) in [6.07, 6.45) is 0.656. The van der Waals surface area contributed by atoms with Crippen LogP contribution in [0.2, 0.25) is 0 Å². The smallest absolute Gasteiger partial charge is 0.320 e. The molecule has 4 saturated heterocycles. The number of anilines is 1. The van der Waals surface area contributed by atoms with E-state index in [1.165, 1.54) is 5.56 Å². The molecule has 0 aromatic heterocycles. The van der Waals surface area contributed by atoms with Crippen LogP contribution in [0.5, 0.6) is 0 Å². The number of nitrogens with one attached hydrogen (secondary N) is 1. The molecular weight excluding hydrogens is 375 g/mol. The zero-order valence-electron chi connectivity index (χ0n) is 16.4. The zero-order chi connectivity index (χ0) is 20.0. The summed E-state index contributed by atoms with van der Waals surface area (Å²) in [5, 5.41) is 2.94. The van der Waals surface area contributed by atoms with Gasteiger partial charge in [0.2, 0.25) is 5.91 Å². The largest absolute Gasteiger partial charge is 0.369 e. The third-order valence-electron chi connectivity index (χ3n) is 6.61. The van der Waals surface area contributed by atoms with E-state index in [4.69, 9.17) is 4.74 Å². The first kappa shape index (κ1) is 18.7. The number of carbonyl (C=O) groups excluding carboxylic acids is 2. The van der Waals surface area contributed by atoms with Crippen LogP contribution < -0.4 is 10.2 Å². The molecule has 0 saturated carbocycles. The molecule has 3 amide bonds. The van der Waals surface area contributed by atoms with Crippen molar-refractivity contribution < 1.29 is 18.7 Å². The minimum Gasteiger partial charge on any atom is -0.369 e. The van der Waals surface area contributed by atoms with Crippen molar-refractivity contribution in [1.29, 1.82) is 0 Å². The summed E-state index contributed by atoms with van der Waals surface area (Å²) < 4.78 is 19.0. The number of piperidine rings is 1. The number of rotatable bonds is 2. The van der Waals surface area contributed by atoms with Crippen molar-refractivity contribution in [3.05, 3.63) is 29.8 Å². The summed E-state index contributed by atoms with van der Waals surface area (Å²) in [4.78, 5) is 30.2. The SMILES string of the molecule is O=C1CO[C@H]2CCN(C(=O)N3CC(c4ccc(N5CCC(F)C5)cc4)C3)CC2N1. The van der Waals surface area contributed by atoms with Crippen LogP contribution in [0.4, 0.5) is 14.9 Å². The maximum atomic E-state index is 13.4. The van der Waals surface area contributed by atoms with Crippen LogP contribution in [-0.2, 0) is 9.53 Å². The maximum Gasteiger partial charge on any atom is 0.320 e. The predicted molar refractivity (Wildman–Crippen MR) is 106 cm³/mol. The van der Waals surface area contributed by atoms with E-state index in [0.717, 1.165) is 18.7 Å². The number of hydrogen-bond acceptors (Lipinski definition) is 4. The summed E-state index contributed by atoms with van der Waals surface area (Å²) in [6.45, 7) is 3.97. The van der Waals surface area contributed by atoms with E-state index in [2.05, 4.69) is 34.5 Å². The molecule has 0 radical (unpaired) electrons. The van der Waals surface area contributed by atoms with Crippen LogP contribution in [0, 0.1) is 0 Å². The molecule has 3 atom stereocenters. The third kappa shape index (κ3) is 3.66. The molecule has 2 unspecified atom stereocenters. The number of carbonyl (C=O) groups is 2. The van der Waals surface area contributed by atoms with Crippen molar-refractivity contribution in [3.63, 3.8) is 0 Å². The van der Waals surface area contributed by atoms with Crippen molar-refractivity contribution in [2.75, 3.05) is 50.8 Å². The van der Waals surface area contributed by atoms with Crippen LogP contribution in [0.3, 0.4) is 0 Å². The maximum absolute atomic E-state index is 13.4. The summed E-state index contributed by atoms with van der Waals surface area (Å²) in [7, 11) is 0. The lowest BCUT2D eigenvalue weighted by Crippen LogP contribution is -2.63. The van der Waals surface area contributed by atoms with Crippen molar-refractivity contribution >= 4 is 17.6 Å². The second-order valence-corrected chi connectivity index (χ2v) is 8.57. The Labute approximate surface area is 169 Å². The van der Waals surface area contributed by atoms with Crippen LogP contribution >= 0.6 is 0 Å². The Morgan fingerprint density at radius 1 is 1.03 bits per heavy atom. The Balaban J connectivity index is 1.14. The van der Waals surface area contributed by atoms with Crippen LogP contribution in [0.15, 0.2) is 24.3 Å². The fourth-order valence-corrected chi connectivity index (χ4v) is 4.83. The van der Waals surface area contributed by atoms with Gasteiger partial charge in [-0.05, 0) is 30.5 Å². The highest BCUT2D eigenvalue weighted by atomic mass is 19.1. The highest BCUT2D eigenvalue weighted by Gasteiger charge is 2.40. The molecule has 8 heteroatoms. The van der Waals surface area contributed by atoms with Gasteiger partial charge in [0.1, 0.15) is 12.8 Å². The lowest BCUT2D eigenvalue weighted by atomic mass is 9.91. The first-order chi connectivity index (χ1) is 14.1. The number of ether oxygens (including phenoxy) is 1. The van der Waals surface area contributed by atoms with Gasteiger partial charge in [-0.25, -0.2) is 9.18 Å². The summed E-state index contributed by atoms with van der Waals surface area (Å²) >= 11 is 0. The summed E-state index contributed by atoms with van der Waals surface area (Å²) in [5.74, 6) is 0.236. The van der Waals surface area contributed by atoms with Gasteiger partial charge in [0.25, 0.3) is 0 Å². The third-order valence-corrected chi connectivity index (χ3v) is 6.61. The number of alkyl halides is 1. The number of hydrogen-bond donors (Lipinski definition) is 1. The van der Waals surface area contributed by atoms with E-state index >= 15 is 0 Å². The average Bonchev–Trinajstić information content (AvgIpc) is 3.13. The minimum absolute atomic E-state index is 0.0164. The molecular formula is C21H27FN4O3. The fourth-order valence-electron chi connectivity index (χ4n) is 4.83. The van der Waals surface area contributed by atoms with E-state index < -0.39 is 6.17 Å². The van der Waals surface area contributed by atoms with E-state index in [-0.39, 0.29) is 30.7 Å². The molecule has 4 aliphatic heterocycles. The molecule has 4 heterocycles. The molecule has 5 rings (SSSR count). The van der Waals surface area contributed by atoms with Crippen molar-refractivity contribution in [2.45, 2.75) is 37.1 Å². The van der Waals surface area contributed by atoms with Gasteiger partial charge in [0.15, 0.2) is 0 Å². The first-order valence-electron chi connectivity index (χ1n) is 10.5. The number of benzene rings is 1. The Morgan fingerprint density at radius 2 is 1.83 bits per heavy atom. The lowest BCUT2D eigenvalue weighted by molar-refractivity contribution is -0.139. The fraction of sp³-hybridized carbons (Fsp3) is 0.619. The average molecular weight is 402 g/mol. The molecule has 4 fully saturated rings. The molecule has 156 valence electrons. The van der Waals surface area contributed by atoms with Gasteiger partial charge >= 0.3 is 6.03 Å². The highest BCUT2D eigenvalue weighted by molar-refractivity contribution is 5.79. The predicted octanol–water partition coefficient (Wildman–Crippen LogP) is 1.34. The Bertz CT molecular complexity index is 783. The number of amides is 3. The van der Waals surface area contributed by atoms with Crippen molar-refractivity contribution in [2.24, 2.45) is 0 Å². The minimum atomic E-state index is -0.723. The number of halogens is 1. The Morgan fingerprint density at radius 3 is 2.55 bits per heavy atom. The van der Waals surface area contributed by atoms with Crippen LogP contribution in [0.1, 0.15) is 24.3 Å². The second kappa shape index (κ2) is 7.48. The van der Waals surface area contributed by atoms with Crippen LogP contribution in [-0.4, -0.2) is 85.9 Å². The molecule has 0 spiro atoms. The molecule has 1 aromatic carbocycles. The van der Waals surface area contributed by atoms with Gasteiger partial charge in [-0.2, -0.15) is 0 Å². The lowest BCUT2D eigenvalue weighted by Gasteiger charge is -2.46. The number of urea groups is 1. The van der Waals surface area contributed by atoms with Crippen molar-refractivity contribution in [3.8, 4) is 0 Å². The van der Waals surface area contributed by atoms with Gasteiger partial charge in [-0.3, -0.25) is 4.79 Å². The zero-order valence-corrected chi connectivity index (χ0v) is 16.4. The second-order valence-electron chi connectivity index (χ2n) is 8.57. The summed E-state index contributed by atoms with van der Waals surface area (Å²) in [6, 6.07) is 8.28. The Kier molecular flexibility index (Phi) is 4.81. The van der Waals surface area contributed by atoms with Crippen LogP contribution in [0.25, 0.3) is 0 Å². The quantitative estimate of drug-likeness (QED) is 0.811. The topological polar surface area (TPSA) is 65.1 Å². The van der Waals surface area contributed by atoms with E-state index in [9.17, 15) is 14.0 Å². The molecule has 7 nitrogen and oxygen atoms in total. The normalized spacial score (nSPS) is 30.0. The molecule has 4 aliphatic rings. The van der Waals surface area contributed by atoms with Gasteiger partial charge in [-0.1, -0.05) is 12.1 Å². The van der Waals surface area contributed by atoms with E-state index in [1.54, 1.807) is 0 Å².